The fraction of sp³-hybridized carbons (Fsp3) is 0.816. The number of cyclic esters (lactones) is 1. The summed E-state index contributed by atoms with van der Waals surface area (Å²) < 4.78 is 5.32. The SMILES string of the molecule is CCCCCCCCCCCCC/C=C/CC/C=C1/OC(=O)C1CC/C=C/CCCCCCCCCCCCC. The van der Waals surface area contributed by atoms with E-state index in [0.29, 0.717) is 0 Å². The Morgan fingerprint density at radius 1 is 0.475 bits per heavy atom. The fourth-order valence-electron chi connectivity index (χ4n) is 5.67. The van der Waals surface area contributed by atoms with E-state index in [1.54, 1.807) is 0 Å². The molecule has 1 rings (SSSR count). The summed E-state index contributed by atoms with van der Waals surface area (Å²) in [7, 11) is 0. The molecular formula is C38H68O2. The zero-order chi connectivity index (χ0) is 28.8. The van der Waals surface area contributed by atoms with Crippen LogP contribution in [0.4, 0.5) is 0 Å². The highest BCUT2D eigenvalue weighted by molar-refractivity contribution is 5.82. The maximum atomic E-state index is 11.9. The van der Waals surface area contributed by atoms with E-state index in [0.717, 1.165) is 31.4 Å². The molecule has 1 aliphatic heterocycles. The van der Waals surface area contributed by atoms with Crippen LogP contribution in [-0.4, -0.2) is 5.97 Å². The van der Waals surface area contributed by atoms with Crippen LogP contribution in [0.2, 0.25) is 0 Å². The first-order valence-corrected chi connectivity index (χ1v) is 18.0. The smallest absolute Gasteiger partial charge is 0.321 e. The molecule has 0 saturated carbocycles. The predicted octanol–water partition coefficient (Wildman–Crippen LogP) is 13.1. The molecule has 0 spiro atoms. The van der Waals surface area contributed by atoms with Gasteiger partial charge in [0.05, 0.1) is 0 Å². The molecule has 0 radical (unpaired) electrons. The van der Waals surface area contributed by atoms with E-state index in [4.69, 9.17) is 4.74 Å². The number of carbonyl (C=O) groups is 1. The van der Waals surface area contributed by atoms with Crippen molar-refractivity contribution in [3.8, 4) is 0 Å². The van der Waals surface area contributed by atoms with Crippen LogP contribution in [0.1, 0.15) is 194 Å². The second-order valence-corrected chi connectivity index (χ2v) is 12.3. The summed E-state index contributed by atoms with van der Waals surface area (Å²) in [4.78, 5) is 11.9. The van der Waals surface area contributed by atoms with E-state index in [1.165, 1.54) is 154 Å². The van der Waals surface area contributed by atoms with E-state index >= 15 is 0 Å². The lowest BCUT2D eigenvalue weighted by Crippen LogP contribution is -2.32. The van der Waals surface area contributed by atoms with Crippen molar-refractivity contribution in [1.82, 2.24) is 0 Å². The normalized spacial score (nSPS) is 16.4. The molecule has 0 aromatic carbocycles. The lowest BCUT2D eigenvalue weighted by molar-refractivity contribution is -0.157. The first-order chi connectivity index (χ1) is 19.8. The highest BCUT2D eigenvalue weighted by Gasteiger charge is 2.36. The molecule has 1 fully saturated rings. The molecule has 1 atom stereocenters. The van der Waals surface area contributed by atoms with Crippen molar-refractivity contribution in [3.05, 3.63) is 36.1 Å². The van der Waals surface area contributed by atoms with Crippen molar-refractivity contribution in [2.24, 2.45) is 5.92 Å². The summed E-state index contributed by atoms with van der Waals surface area (Å²) in [5, 5.41) is 0. The van der Waals surface area contributed by atoms with Crippen molar-refractivity contribution in [2.45, 2.75) is 194 Å². The number of hydrogen-bond donors (Lipinski definition) is 0. The van der Waals surface area contributed by atoms with Gasteiger partial charge in [-0.05, 0) is 57.4 Å². The van der Waals surface area contributed by atoms with Gasteiger partial charge in [-0.15, -0.1) is 0 Å². The molecule has 0 aromatic heterocycles. The second-order valence-electron chi connectivity index (χ2n) is 12.3. The molecule has 0 bridgehead atoms. The molecule has 232 valence electrons. The summed E-state index contributed by atoms with van der Waals surface area (Å²) in [5.41, 5.74) is 0. The number of carbonyl (C=O) groups excluding carboxylic acids is 1. The Hall–Kier alpha value is -1.31. The number of hydrogen-bond acceptors (Lipinski definition) is 2. The average molecular weight is 557 g/mol. The Bertz CT molecular complexity index is 644. The van der Waals surface area contributed by atoms with E-state index in [9.17, 15) is 4.79 Å². The topological polar surface area (TPSA) is 26.3 Å². The van der Waals surface area contributed by atoms with Gasteiger partial charge < -0.3 is 4.74 Å². The summed E-state index contributed by atoms with van der Waals surface area (Å²) >= 11 is 0. The van der Waals surface area contributed by atoms with Crippen LogP contribution in [0.5, 0.6) is 0 Å². The van der Waals surface area contributed by atoms with Gasteiger partial charge in [-0.1, -0.05) is 167 Å². The molecule has 0 amide bonds. The Labute approximate surface area is 250 Å². The van der Waals surface area contributed by atoms with Gasteiger partial charge in [0, 0.05) is 0 Å². The van der Waals surface area contributed by atoms with Gasteiger partial charge in [0.15, 0.2) is 0 Å². The van der Waals surface area contributed by atoms with Crippen molar-refractivity contribution in [2.75, 3.05) is 0 Å². The third kappa shape index (κ3) is 22.4. The highest BCUT2D eigenvalue weighted by atomic mass is 16.6. The van der Waals surface area contributed by atoms with Gasteiger partial charge in [-0.2, -0.15) is 0 Å². The Morgan fingerprint density at radius 3 is 1.27 bits per heavy atom. The number of unbranched alkanes of at least 4 members (excludes halogenated alkanes) is 23. The summed E-state index contributed by atoms with van der Waals surface area (Å²) in [6.07, 6.45) is 48.5. The molecule has 1 saturated heterocycles. The molecule has 0 N–H and O–H groups in total. The standard InChI is InChI=1S/C38H68O2/c1-3-5-7-9-11-13-15-17-19-21-23-25-27-29-31-33-35-37-36(38(39)40-37)34-32-30-28-26-24-22-20-18-16-14-12-10-8-6-4-2/h27-30,35-36H,3-26,31-34H2,1-2H3/b29-27+,30-28+,37-35+. The summed E-state index contributed by atoms with van der Waals surface area (Å²) in [6.45, 7) is 4.57. The first-order valence-electron chi connectivity index (χ1n) is 18.0. The average Bonchev–Trinajstić information content (AvgIpc) is 2.96. The van der Waals surface area contributed by atoms with Crippen molar-refractivity contribution < 1.29 is 9.53 Å². The molecule has 2 nitrogen and oxygen atoms in total. The lowest BCUT2D eigenvalue weighted by atomic mass is 9.95. The van der Waals surface area contributed by atoms with Crippen LogP contribution in [0, 0.1) is 5.92 Å². The molecule has 2 heteroatoms. The second kappa shape index (κ2) is 29.2. The zero-order valence-electron chi connectivity index (χ0n) is 27.1. The minimum absolute atomic E-state index is 0.00643. The maximum absolute atomic E-state index is 11.9. The van der Waals surface area contributed by atoms with E-state index in [-0.39, 0.29) is 11.9 Å². The minimum Gasteiger partial charge on any atom is -0.430 e. The molecule has 0 aromatic rings. The van der Waals surface area contributed by atoms with E-state index in [2.05, 4.69) is 44.2 Å². The van der Waals surface area contributed by atoms with Gasteiger partial charge in [-0.3, -0.25) is 4.79 Å². The fourth-order valence-corrected chi connectivity index (χ4v) is 5.67. The molecule has 40 heavy (non-hydrogen) atoms. The number of esters is 1. The Morgan fingerprint density at radius 2 is 0.850 bits per heavy atom. The van der Waals surface area contributed by atoms with Crippen molar-refractivity contribution in [3.63, 3.8) is 0 Å². The van der Waals surface area contributed by atoms with Crippen LogP contribution in [-0.2, 0) is 9.53 Å². The van der Waals surface area contributed by atoms with Crippen LogP contribution >= 0.6 is 0 Å². The van der Waals surface area contributed by atoms with Gasteiger partial charge in [0.2, 0.25) is 0 Å². The summed E-state index contributed by atoms with van der Waals surface area (Å²) in [5.74, 6) is 0.895. The van der Waals surface area contributed by atoms with E-state index in [1.807, 2.05) is 0 Å². The predicted molar refractivity (Wildman–Crippen MR) is 177 cm³/mol. The van der Waals surface area contributed by atoms with Gasteiger partial charge >= 0.3 is 5.97 Å². The van der Waals surface area contributed by atoms with Crippen molar-refractivity contribution in [1.29, 1.82) is 0 Å². The number of allylic oxidation sites excluding steroid dienone is 5. The van der Waals surface area contributed by atoms with Crippen LogP contribution in [0.3, 0.4) is 0 Å². The molecule has 1 heterocycles. The largest absolute Gasteiger partial charge is 0.430 e. The first kappa shape index (κ1) is 36.7. The van der Waals surface area contributed by atoms with Gasteiger partial charge in [-0.25, -0.2) is 0 Å². The quantitative estimate of drug-likeness (QED) is 0.0499. The highest BCUT2D eigenvalue weighted by Crippen LogP contribution is 2.31. The van der Waals surface area contributed by atoms with Gasteiger partial charge in [0.25, 0.3) is 0 Å². The van der Waals surface area contributed by atoms with Crippen LogP contribution < -0.4 is 0 Å². The molecular weight excluding hydrogens is 488 g/mol. The van der Waals surface area contributed by atoms with Crippen LogP contribution in [0.25, 0.3) is 0 Å². The number of ether oxygens (including phenoxy) is 1. The monoisotopic (exact) mass is 557 g/mol. The van der Waals surface area contributed by atoms with E-state index < -0.39 is 0 Å². The minimum atomic E-state index is -0.0305. The molecule has 0 aliphatic carbocycles. The summed E-state index contributed by atoms with van der Waals surface area (Å²) in [6, 6.07) is 0. The molecule has 1 aliphatic rings. The third-order valence-corrected chi connectivity index (χ3v) is 8.43. The Balaban J connectivity index is 1.91. The third-order valence-electron chi connectivity index (χ3n) is 8.43. The van der Waals surface area contributed by atoms with Crippen LogP contribution in [0.15, 0.2) is 36.1 Å². The number of rotatable bonds is 30. The van der Waals surface area contributed by atoms with Crippen molar-refractivity contribution >= 4 is 5.97 Å². The Kier molecular flexibility index (Phi) is 26.8. The lowest BCUT2D eigenvalue weighted by Gasteiger charge is -2.27. The molecule has 1 unspecified atom stereocenters. The zero-order valence-corrected chi connectivity index (χ0v) is 27.1. The maximum Gasteiger partial charge on any atom is 0.321 e. The van der Waals surface area contributed by atoms with Gasteiger partial charge in [0.1, 0.15) is 11.7 Å².